The first-order chi connectivity index (χ1) is 9.62. The number of anilines is 1. The largest absolute Gasteiger partial charge is 0.419 e. The van der Waals surface area contributed by atoms with Crippen LogP contribution in [0.15, 0.2) is 18.2 Å². The molecule has 0 radical (unpaired) electrons. The number of esters is 1. The molecule has 0 atom stereocenters. The fourth-order valence-electron chi connectivity index (χ4n) is 2.94. The van der Waals surface area contributed by atoms with E-state index in [0.29, 0.717) is 5.69 Å². The average molecular weight is 289 g/mol. The van der Waals surface area contributed by atoms with Crippen LogP contribution in [-0.2, 0) is 20.4 Å². The van der Waals surface area contributed by atoms with Gasteiger partial charge in [0, 0.05) is 12.6 Å². The first-order valence-electron chi connectivity index (χ1n) is 7.26. The fraction of sp³-hybridized carbons (Fsp3) is 0.529. The molecular weight excluding hydrogens is 266 g/mol. The van der Waals surface area contributed by atoms with E-state index in [-0.39, 0.29) is 10.8 Å². The highest BCUT2D eigenvalue weighted by Crippen LogP contribution is 2.46. The molecule has 1 N–H and O–H groups in total. The minimum absolute atomic E-state index is 0.0764. The molecule has 0 bridgehead atoms. The standard InChI is InChI=1S/C17H23NO3/c1-11(19)21-15(20)18-12-6-7-13-14(10-12)17(4,5)9-8-16(13,2)3/h6-7,10H,8-9H2,1-5H3,(H,18,20). The van der Waals surface area contributed by atoms with Gasteiger partial charge >= 0.3 is 12.1 Å². The molecule has 1 aromatic carbocycles. The van der Waals surface area contributed by atoms with E-state index in [1.54, 1.807) is 0 Å². The topological polar surface area (TPSA) is 55.4 Å². The van der Waals surface area contributed by atoms with E-state index in [4.69, 9.17) is 0 Å². The van der Waals surface area contributed by atoms with Crippen molar-refractivity contribution in [3.8, 4) is 0 Å². The van der Waals surface area contributed by atoms with Crippen LogP contribution >= 0.6 is 0 Å². The van der Waals surface area contributed by atoms with Crippen molar-refractivity contribution in [1.82, 2.24) is 0 Å². The highest BCUT2D eigenvalue weighted by atomic mass is 16.6. The van der Waals surface area contributed by atoms with Crippen LogP contribution in [0.4, 0.5) is 10.5 Å². The number of ether oxygens (including phenoxy) is 1. The lowest BCUT2D eigenvalue weighted by Crippen LogP contribution is -2.34. The van der Waals surface area contributed by atoms with Crippen molar-refractivity contribution in [2.45, 2.75) is 58.3 Å². The van der Waals surface area contributed by atoms with E-state index in [0.717, 1.165) is 12.8 Å². The zero-order valence-electron chi connectivity index (χ0n) is 13.4. The third-order valence-corrected chi connectivity index (χ3v) is 4.34. The van der Waals surface area contributed by atoms with Crippen molar-refractivity contribution < 1.29 is 14.3 Å². The number of fused-ring (bicyclic) bond motifs is 1. The van der Waals surface area contributed by atoms with Crippen LogP contribution in [-0.4, -0.2) is 12.1 Å². The SMILES string of the molecule is CC(=O)OC(=O)Nc1ccc2c(c1)C(C)(C)CCC2(C)C. The molecule has 0 aromatic heterocycles. The lowest BCUT2D eigenvalue weighted by molar-refractivity contribution is -0.134. The molecule has 4 heteroatoms. The Morgan fingerprint density at radius 2 is 1.62 bits per heavy atom. The average Bonchev–Trinajstić information content (AvgIpc) is 2.34. The summed E-state index contributed by atoms with van der Waals surface area (Å²) in [5.41, 5.74) is 3.45. The first-order valence-corrected chi connectivity index (χ1v) is 7.26. The Morgan fingerprint density at radius 1 is 1.05 bits per heavy atom. The summed E-state index contributed by atoms with van der Waals surface area (Å²) < 4.78 is 4.50. The van der Waals surface area contributed by atoms with Gasteiger partial charge in [0.15, 0.2) is 0 Å². The Morgan fingerprint density at radius 3 is 2.19 bits per heavy atom. The van der Waals surface area contributed by atoms with Crippen LogP contribution in [0.5, 0.6) is 0 Å². The Labute approximate surface area is 125 Å². The molecule has 114 valence electrons. The number of rotatable bonds is 1. The van der Waals surface area contributed by atoms with Crippen molar-refractivity contribution in [1.29, 1.82) is 0 Å². The molecule has 0 fully saturated rings. The second-order valence-corrected chi connectivity index (χ2v) is 7.03. The summed E-state index contributed by atoms with van der Waals surface area (Å²) in [5.74, 6) is -0.619. The zero-order valence-corrected chi connectivity index (χ0v) is 13.4. The van der Waals surface area contributed by atoms with E-state index in [9.17, 15) is 9.59 Å². The molecule has 0 unspecified atom stereocenters. The molecule has 1 aliphatic rings. The highest BCUT2D eigenvalue weighted by molar-refractivity contribution is 5.92. The van der Waals surface area contributed by atoms with Gasteiger partial charge in [-0.3, -0.25) is 10.1 Å². The minimum atomic E-state index is -0.740. The Balaban J connectivity index is 2.33. The number of carbonyl (C=O) groups is 2. The second-order valence-electron chi connectivity index (χ2n) is 7.03. The first kappa shape index (κ1) is 15.5. The molecule has 1 amide bonds. The Hall–Kier alpha value is -1.84. The van der Waals surface area contributed by atoms with Gasteiger partial charge in [0.1, 0.15) is 0 Å². The minimum Gasteiger partial charge on any atom is -0.376 e. The maximum Gasteiger partial charge on any atom is 0.419 e. The van der Waals surface area contributed by atoms with Crippen LogP contribution in [0.25, 0.3) is 0 Å². The molecule has 4 nitrogen and oxygen atoms in total. The summed E-state index contributed by atoms with van der Waals surface area (Å²) in [4.78, 5) is 22.3. The summed E-state index contributed by atoms with van der Waals surface area (Å²) in [6, 6.07) is 5.93. The van der Waals surface area contributed by atoms with Crippen molar-refractivity contribution in [2.24, 2.45) is 0 Å². The third kappa shape index (κ3) is 3.26. The van der Waals surface area contributed by atoms with Crippen molar-refractivity contribution >= 4 is 17.7 Å². The lowest BCUT2D eigenvalue weighted by Gasteiger charge is -2.42. The van der Waals surface area contributed by atoms with Crippen molar-refractivity contribution in [2.75, 3.05) is 5.32 Å². The normalized spacial score (nSPS) is 18.5. The summed E-state index contributed by atoms with van der Waals surface area (Å²) in [6.07, 6.45) is 1.51. The molecular formula is C17H23NO3. The van der Waals surface area contributed by atoms with Gasteiger partial charge in [-0.1, -0.05) is 33.8 Å². The molecule has 0 heterocycles. The van der Waals surface area contributed by atoms with Crippen LogP contribution < -0.4 is 5.32 Å². The van der Waals surface area contributed by atoms with Gasteiger partial charge in [-0.2, -0.15) is 0 Å². The summed E-state index contributed by atoms with van der Waals surface area (Å²) in [7, 11) is 0. The maximum absolute atomic E-state index is 11.5. The maximum atomic E-state index is 11.5. The van der Waals surface area contributed by atoms with Crippen molar-refractivity contribution in [3.63, 3.8) is 0 Å². The molecule has 0 saturated heterocycles. The fourth-order valence-corrected chi connectivity index (χ4v) is 2.94. The van der Waals surface area contributed by atoms with E-state index < -0.39 is 12.1 Å². The monoisotopic (exact) mass is 289 g/mol. The quantitative estimate of drug-likeness (QED) is 0.624. The smallest absolute Gasteiger partial charge is 0.376 e. The molecule has 0 aliphatic heterocycles. The predicted molar refractivity (Wildman–Crippen MR) is 82.5 cm³/mol. The number of amides is 1. The molecule has 1 aromatic rings. The van der Waals surface area contributed by atoms with E-state index in [1.165, 1.54) is 18.1 Å². The lowest BCUT2D eigenvalue weighted by atomic mass is 9.63. The Bertz CT molecular complexity index is 588. The van der Waals surface area contributed by atoms with Gasteiger partial charge in [0.2, 0.25) is 0 Å². The molecule has 21 heavy (non-hydrogen) atoms. The number of hydrogen-bond donors (Lipinski definition) is 1. The molecule has 1 aliphatic carbocycles. The van der Waals surface area contributed by atoms with E-state index >= 15 is 0 Å². The van der Waals surface area contributed by atoms with Crippen molar-refractivity contribution in [3.05, 3.63) is 29.3 Å². The molecule has 0 saturated carbocycles. The van der Waals surface area contributed by atoms with Gasteiger partial charge < -0.3 is 4.74 Å². The van der Waals surface area contributed by atoms with Gasteiger partial charge in [0.25, 0.3) is 0 Å². The highest BCUT2D eigenvalue weighted by Gasteiger charge is 2.37. The van der Waals surface area contributed by atoms with Gasteiger partial charge in [0.05, 0.1) is 0 Å². The molecule has 2 rings (SSSR count). The van der Waals surface area contributed by atoms with Crippen LogP contribution in [0, 0.1) is 0 Å². The number of nitrogens with one attached hydrogen (secondary N) is 1. The number of benzene rings is 1. The zero-order chi connectivity index (χ0) is 15.8. The number of carbonyl (C=O) groups excluding carboxylic acids is 2. The van der Waals surface area contributed by atoms with E-state index in [1.807, 2.05) is 12.1 Å². The number of hydrogen-bond acceptors (Lipinski definition) is 3. The van der Waals surface area contributed by atoms with Crippen LogP contribution in [0.2, 0.25) is 0 Å². The Kier molecular flexibility index (Phi) is 3.83. The second kappa shape index (κ2) is 5.17. The third-order valence-electron chi connectivity index (χ3n) is 4.34. The van der Waals surface area contributed by atoms with E-state index in [2.05, 4.69) is 43.8 Å². The molecule has 0 spiro atoms. The van der Waals surface area contributed by atoms with Crippen LogP contribution in [0.3, 0.4) is 0 Å². The summed E-state index contributed by atoms with van der Waals surface area (Å²) in [6.45, 7) is 10.1. The van der Waals surface area contributed by atoms with Gasteiger partial charge in [-0.05, 0) is 46.9 Å². The summed E-state index contributed by atoms with van der Waals surface area (Å²) >= 11 is 0. The van der Waals surface area contributed by atoms with Gasteiger partial charge in [-0.15, -0.1) is 0 Å². The van der Waals surface area contributed by atoms with Crippen LogP contribution in [0.1, 0.15) is 58.6 Å². The predicted octanol–water partition coefficient (Wildman–Crippen LogP) is 4.13. The van der Waals surface area contributed by atoms with Gasteiger partial charge in [-0.25, -0.2) is 4.79 Å². The summed E-state index contributed by atoms with van der Waals surface area (Å²) in [5, 5.41) is 2.61.